The molecule has 0 saturated carbocycles. The Kier molecular flexibility index (Phi) is 2.84. The lowest BCUT2D eigenvalue weighted by atomic mass is 10.4. The Bertz CT molecular complexity index is 391. The number of hydrogen-bond acceptors (Lipinski definition) is 3. The molecule has 0 fully saturated rings. The average molecular weight is 178 g/mol. The Morgan fingerprint density at radius 3 is 2.69 bits per heavy atom. The van der Waals surface area contributed by atoms with Gasteiger partial charge in [0, 0.05) is 6.20 Å². The van der Waals surface area contributed by atoms with E-state index in [0.29, 0.717) is 11.6 Å². The molecule has 0 spiro atoms. The maximum atomic E-state index is 5.63. The van der Waals surface area contributed by atoms with Crippen molar-refractivity contribution in [1.82, 2.24) is 15.0 Å². The summed E-state index contributed by atoms with van der Waals surface area (Å²) in [7, 11) is 0. The van der Waals surface area contributed by atoms with Gasteiger partial charge in [-0.15, -0.1) is 0 Å². The van der Waals surface area contributed by atoms with Crippen molar-refractivity contribution < 1.29 is 0 Å². The third kappa shape index (κ3) is 1.77. The fraction of sp³-hybridized carbons (Fsp3) is 0.333. The van der Waals surface area contributed by atoms with Crippen LogP contribution in [0.2, 0.25) is 0 Å². The second-order valence-electron chi connectivity index (χ2n) is 2.40. The fourth-order valence-corrected chi connectivity index (χ4v) is 1.08. The van der Waals surface area contributed by atoms with Gasteiger partial charge < -0.3 is 10.7 Å². The van der Waals surface area contributed by atoms with Gasteiger partial charge in [0.2, 0.25) is 0 Å². The van der Waals surface area contributed by atoms with Crippen LogP contribution in [0, 0.1) is 6.92 Å². The molecule has 0 aliphatic rings. The van der Waals surface area contributed by atoms with Gasteiger partial charge in [-0.3, -0.25) is 0 Å². The van der Waals surface area contributed by atoms with E-state index in [2.05, 4.69) is 15.0 Å². The number of fused-ring (bicyclic) bond motifs is 1. The van der Waals surface area contributed by atoms with Crippen molar-refractivity contribution in [2.75, 3.05) is 5.73 Å². The summed E-state index contributed by atoms with van der Waals surface area (Å²) in [6.07, 6.45) is 1.80. The Morgan fingerprint density at radius 2 is 2.00 bits per heavy atom. The van der Waals surface area contributed by atoms with Crippen molar-refractivity contribution in [3.8, 4) is 0 Å². The number of H-pyrrole nitrogens is 1. The highest BCUT2D eigenvalue weighted by Gasteiger charge is 2.01. The van der Waals surface area contributed by atoms with E-state index < -0.39 is 0 Å². The minimum absolute atomic E-state index is 0.536. The summed E-state index contributed by atoms with van der Waals surface area (Å²) in [5.41, 5.74) is 6.43. The molecule has 0 aliphatic heterocycles. The summed E-state index contributed by atoms with van der Waals surface area (Å²) in [5, 5.41) is 0.885. The summed E-state index contributed by atoms with van der Waals surface area (Å²) in [6.45, 7) is 5.82. The second-order valence-corrected chi connectivity index (χ2v) is 2.40. The van der Waals surface area contributed by atoms with Crippen LogP contribution in [-0.4, -0.2) is 15.0 Å². The second kappa shape index (κ2) is 3.89. The van der Waals surface area contributed by atoms with E-state index in [1.54, 1.807) is 6.20 Å². The predicted octanol–water partition coefficient (Wildman–Crippen LogP) is 1.87. The molecule has 0 aromatic carbocycles. The molecule has 0 bridgehead atoms. The molecule has 0 atom stereocenters. The summed E-state index contributed by atoms with van der Waals surface area (Å²) < 4.78 is 0. The van der Waals surface area contributed by atoms with Crippen molar-refractivity contribution in [1.29, 1.82) is 0 Å². The number of aromatic amines is 1. The molecular formula is C9H14N4. The lowest BCUT2D eigenvalue weighted by Gasteiger charge is -1.95. The number of rotatable bonds is 0. The van der Waals surface area contributed by atoms with E-state index in [-0.39, 0.29) is 0 Å². The van der Waals surface area contributed by atoms with Gasteiger partial charge in [0.05, 0.1) is 5.39 Å². The van der Waals surface area contributed by atoms with Crippen molar-refractivity contribution in [3.05, 3.63) is 18.1 Å². The molecule has 2 aromatic heterocycles. The number of aryl methyl sites for hydroxylation is 1. The SMILES string of the molecule is CC.Cc1nc(N)c2cc[nH]c2n1. The summed E-state index contributed by atoms with van der Waals surface area (Å²) >= 11 is 0. The van der Waals surface area contributed by atoms with Gasteiger partial charge in [-0.05, 0) is 13.0 Å². The molecule has 0 radical (unpaired) electrons. The number of nitrogen functional groups attached to an aromatic ring is 1. The van der Waals surface area contributed by atoms with Crippen LogP contribution in [0.4, 0.5) is 5.82 Å². The van der Waals surface area contributed by atoms with E-state index >= 15 is 0 Å². The number of nitrogens with one attached hydrogen (secondary N) is 1. The van der Waals surface area contributed by atoms with Crippen molar-refractivity contribution >= 4 is 16.9 Å². The van der Waals surface area contributed by atoms with Gasteiger partial charge in [-0.25, -0.2) is 9.97 Å². The molecule has 0 aliphatic carbocycles. The van der Waals surface area contributed by atoms with Crippen molar-refractivity contribution in [2.45, 2.75) is 20.8 Å². The van der Waals surface area contributed by atoms with E-state index in [1.165, 1.54) is 0 Å². The maximum Gasteiger partial charge on any atom is 0.143 e. The quantitative estimate of drug-likeness (QED) is 0.647. The fourth-order valence-electron chi connectivity index (χ4n) is 1.08. The first kappa shape index (κ1) is 9.51. The number of nitrogens with two attached hydrogens (primary N) is 1. The smallest absolute Gasteiger partial charge is 0.143 e. The van der Waals surface area contributed by atoms with Crippen LogP contribution in [0.5, 0.6) is 0 Å². The first-order valence-electron chi connectivity index (χ1n) is 4.34. The number of aromatic nitrogens is 3. The van der Waals surface area contributed by atoms with Crippen LogP contribution in [0.15, 0.2) is 12.3 Å². The Hall–Kier alpha value is -1.58. The molecule has 3 N–H and O–H groups in total. The molecular weight excluding hydrogens is 164 g/mol. The van der Waals surface area contributed by atoms with E-state index in [0.717, 1.165) is 11.0 Å². The van der Waals surface area contributed by atoms with Crippen molar-refractivity contribution in [3.63, 3.8) is 0 Å². The zero-order valence-electron chi connectivity index (χ0n) is 8.13. The van der Waals surface area contributed by atoms with Crippen LogP contribution in [0.3, 0.4) is 0 Å². The van der Waals surface area contributed by atoms with Crippen LogP contribution >= 0.6 is 0 Å². The highest BCUT2D eigenvalue weighted by molar-refractivity contribution is 5.85. The van der Waals surface area contributed by atoms with E-state index in [4.69, 9.17) is 5.73 Å². The summed E-state index contributed by atoms with van der Waals surface area (Å²) in [6, 6.07) is 1.87. The van der Waals surface area contributed by atoms with E-state index in [9.17, 15) is 0 Å². The monoisotopic (exact) mass is 178 g/mol. The number of nitrogens with zero attached hydrogens (tertiary/aromatic N) is 2. The standard InChI is InChI=1S/C7H8N4.C2H6/c1-4-10-6(8)5-2-3-9-7(5)11-4;1-2/h2-3H,1H3,(H3,8,9,10,11);1-2H3. The number of hydrogen-bond donors (Lipinski definition) is 2. The van der Waals surface area contributed by atoms with Crippen LogP contribution in [-0.2, 0) is 0 Å². The summed E-state index contributed by atoms with van der Waals surface area (Å²) in [4.78, 5) is 11.1. The molecule has 2 heterocycles. The molecule has 70 valence electrons. The minimum Gasteiger partial charge on any atom is -0.383 e. The van der Waals surface area contributed by atoms with Crippen LogP contribution < -0.4 is 5.73 Å². The van der Waals surface area contributed by atoms with Crippen molar-refractivity contribution in [2.24, 2.45) is 0 Å². The molecule has 0 unspecified atom stereocenters. The van der Waals surface area contributed by atoms with E-state index in [1.807, 2.05) is 26.8 Å². The lowest BCUT2D eigenvalue weighted by Crippen LogP contribution is -1.95. The zero-order chi connectivity index (χ0) is 9.84. The molecule has 13 heavy (non-hydrogen) atoms. The molecule has 2 rings (SSSR count). The normalized spacial score (nSPS) is 9.46. The molecule has 2 aromatic rings. The van der Waals surface area contributed by atoms with Crippen LogP contribution in [0.25, 0.3) is 11.0 Å². The third-order valence-electron chi connectivity index (χ3n) is 1.56. The first-order chi connectivity index (χ1) is 6.27. The topological polar surface area (TPSA) is 67.6 Å². The van der Waals surface area contributed by atoms with Gasteiger partial charge in [-0.2, -0.15) is 0 Å². The largest absolute Gasteiger partial charge is 0.383 e. The highest BCUT2D eigenvalue weighted by atomic mass is 15.0. The van der Waals surface area contributed by atoms with Gasteiger partial charge in [0.25, 0.3) is 0 Å². The molecule has 0 saturated heterocycles. The highest BCUT2D eigenvalue weighted by Crippen LogP contribution is 2.14. The molecule has 4 heteroatoms. The zero-order valence-corrected chi connectivity index (χ0v) is 8.13. The summed E-state index contributed by atoms with van der Waals surface area (Å²) in [5.74, 6) is 1.23. The van der Waals surface area contributed by atoms with Crippen LogP contribution in [0.1, 0.15) is 19.7 Å². The lowest BCUT2D eigenvalue weighted by molar-refractivity contribution is 1.09. The Labute approximate surface area is 77.2 Å². The Morgan fingerprint density at radius 1 is 1.31 bits per heavy atom. The van der Waals surface area contributed by atoms with Gasteiger partial charge in [0.1, 0.15) is 17.3 Å². The van der Waals surface area contributed by atoms with Gasteiger partial charge in [0.15, 0.2) is 0 Å². The Balaban J connectivity index is 0.000000396. The maximum absolute atomic E-state index is 5.63. The predicted molar refractivity (Wildman–Crippen MR) is 54.4 cm³/mol. The first-order valence-corrected chi connectivity index (χ1v) is 4.34. The van der Waals surface area contributed by atoms with Gasteiger partial charge >= 0.3 is 0 Å². The average Bonchev–Trinajstić information content (AvgIpc) is 2.55. The number of anilines is 1. The van der Waals surface area contributed by atoms with Gasteiger partial charge in [-0.1, -0.05) is 13.8 Å². The molecule has 0 amide bonds. The third-order valence-corrected chi connectivity index (χ3v) is 1.56. The molecule has 4 nitrogen and oxygen atoms in total. The minimum atomic E-state index is 0.536.